The van der Waals surface area contributed by atoms with Gasteiger partial charge in [-0.2, -0.15) is 0 Å². The first-order valence-electron chi connectivity index (χ1n) is 4.81. The van der Waals surface area contributed by atoms with Gasteiger partial charge < -0.3 is 10.2 Å². The van der Waals surface area contributed by atoms with Crippen LogP contribution in [-0.2, 0) is 0 Å². The Kier molecular flexibility index (Phi) is 4.65. The number of hydrogen-bond acceptors (Lipinski definition) is 2. The lowest BCUT2D eigenvalue weighted by molar-refractivity contribution is -0.0435. The van der Waals surface area contributed by atoms with E-state index in [2.05, 4.69) is 6.58 Å². The smallest absolute Gasteiger partial charge is 0.0850 e. The number of rotatable bonds is 4. The van der Waals surface area contributed by atoms with Crippen LogP contribution in [0, 0.1) is 5.41 Å². The van der Waals surface area contributed by atoms with Crippen molar-refractivity contribution < 1.29 is 10.2 Å². The average molecular weight is 186 g/mol. The van der Waals surface area contributed by atoms with Gasteiger partial charge in [0.05, 0.1) is 12.2 Å². The van der Waals surface area contributed by atoms with E-state index in [9.17, 15) is 10.2 Å². The molecule has 0 saturated carbocycles. The molecule has 0 spiro atoms. The topological polar surface area (TPSA) is 40.5 Å². The van der Waals surface area contributed by atoms with Gasteiger partial charge in [-0.25, -0.2) is 0 Å². The molecular formula is C11H22O2. The SMILES string of the molecule is C=C(CC)CC(O)C(O)C(C)(C)C. The van der Waals surface area contributed by atoms with Gasteiger partial charge in [0, 0.05) is 0 Å². The quantitative estimate of drug-likeness (QED) is 0.660. The Bertz CT molecular complexity index is 167. The Morgan fingerprint density at radius 2 is 1.77 bits per heavy atom. The van der Waals surface area contributed by atoms with Crippen molar-refractivity contribution in [3.63, 3.8) is 0 Å². The van der Waals surface area contributed by atoms with Crippen LogP contribution in [0.1, 0.15) is 40.5 Å². The molecule has 0 amide bonds. The molecule has 2 atom stereocenters. The molecule has 13 heavy (non-hydrogen) atoms. The number of hydrogen-bond donors (Lipinski definition) is 2. The van der Waals surface area contributed by atoms with Crippen LogP contribution >= 0.6 is 0 Å². The molecule has 0 rings (SSSR count). The molecule has 0 radical (unpaired) electrons. The highest BCUT2D eigenvalue weighted by Gasteiger charge is 2.28. The fraction of sp³-hybridized carbons (Fsp3) is 0.818. The first-order valence-corrected chi connectivity index (χ1v) is 4.81. The third-order valence-corrected chi connectivity index (χ3v) is 2.25. The third-order valence-electron chi connectivity index (χ3n) is 2.25. The van der Waals surface area contributed by atoms with Crippen molar-refractivity contribution in [3.05, 3.63) is 12.2 Å². The Balaban J connectivity index is 4.11. The summed E-state index contributed by atoms with van der Waals surface area (Å²) in [5.74, 6) is 0. The van der Waals surface area contributed by atoms with E-state index in [0.717, 1.165) is 12.0 Å². The van der Waals surface area contributed by atoms with E-state index in [1.165, 1.54) is 0 Å². The van der Waals surface area contributed by atoms with E-state index in [1.54, 1.807) is 0 Å². The van der Waals surface area contributed by atoms with E-state index in [1.807, 2.05) is 27.7 Å². The summed E-state index contributed by atoms with van der Waals surface area (Å²) in [6, 6.07) is 0. The van der Waals surface area contributed by atoms with Crippen LogP contribution in [0.2, 0.25) is 0 Å². The van der Waals surface area contributed by atoms with Gasteiger partial charge >= 0.3 is 0 Å². The van der Waals surface area contributed by atoms with E-state index in [0.29, 0.717) is 6.42 Å². The largest absolute Gasteiger partial charge is 0.390 e. The zero-order valence-corrected chi connectivity index (χ0v) is 9.17. The predicted octanol–water partition coefficient (Wildman–Crippen LogP) is 2.11. The summed E-state index contributed by atoms with van der Waals surface area (Å²) in [5.41, 5.74) is 0.712. The minimum absolute atomic E-state index is 0.270. The summed E-state index contributed by atoms with van der Waals surface area (Å²) in [6.45, 7) is 11.5. The monoisotopic (exact) mass is 186 g/mol. The zero-order chi connectivity index (χ0) is 10.6. The summed E-state index contributed by atoms with van der Waals surface area (Å²) in [7, 11) is 0. The molecule has 2 unspecified atom stereocenters. The third kappa shape index (κ3) is 4.44. The highest BCUT2D eigenvalue weighted by molar-refractivity contribution is 4.97. The van der Waals surface area contributed by atoms with Crippen molar-refractivity contribution in [1.82, 2.24) is 0 Å². The fourth-order valence-electron chi connectivity index (χ4n) is 1.13. The van der Waals surface area contributed by atoms with Gasteiger partial charge in [0.2, 0.25) is 0 Å². The summed E-state index contributed by atoms with van der Waals surface area (Å²) in [4.78, 5) is 0. The molecule has 78 valence electrons. The van der Waals surface area contributed by atoms with Crippen LogP contribution in [0.4, 0.5) is 0 Å². The Morgan fingerprint density at radius 1 is 1.31 bits per heavy atom. The van der Waals surface area contributed by atoms with Gasteiger partial charge in [0.1, 0.15) is 0 Å². The molecule has 2 nitrogen and oxygen atoms in total. The van der Waals surface area contributed by atoms with Crippen LogP contribution in [-0.4, -0.2) is 22.4 Å². The van der Waals surface area contributed by atoms with E-state index in [4.69, 9.17) is 0 Å². The van der Waals surface area contributed by atoms with Crippen LogP contribution in [0.3, 0.4) is 0 Å². The molecule has 2 N–H and O–H groups in total. The lowest BCUT2D eigenvalue weighted by atomic mass is 9.84. The Labute approximate surface area is 81.3 Å². The zero-order valence-electron chi connectivity index (χ0n) is 9.17. The Morgan fingerprint density at radius 3 is 2.08 bits per heavy atom. The second-order valence-electron chi connectivity index (χ2n) is 4.69. The first-order chi connectivity index (χ1) is 5.79. The first kappa shape index (κ1) is 12.7. The number of aliphatic hydroxyl groups excluding tert-OH is 2. The van der Waals surface area contributed by atoms with Crippen LogP contribution in [0.25, 0.3) is 0 Å². The second-order valence-corrected chi connectivity index (χ2v) is 4.69. The summed E-state index contributed by atoms with van der Waals surface area (Å²) in [6.07, 6.45) is -0.0219. The van der Waals surface area contributed by atoms with Crippen molar-refractivity contribution in [3.8, 4) is 0 Å². The lowest BCUT2D eigenvalue weighted by Gasteiger charge is -2.30. The van der Waals surface area contributed by atoms with E-state index >= 15 is 0 Å². The number of aliphatic hydroxyl groups is 2. The molecular weight excluding hydrogens is 164 g/mol. The van der Waals surface area contributed by atoms with Crippen molar-refractivity contribution in [2.45, 2.75) is 52.7 Å². The van der Waals surface area contributed by atoms with Crippen molar-refractivity contribution in [1.29, 1.82) is 0 Å². The van der Waals surface area contributed by atoms with Crippen molar-refractivity contribution >= 4 is 0 Å². The highest BCUT2D eigenvalue weighted by Crippen LogP contribution is 2.24. The minimum atomic E-state index is -0.688. The van der Waals surface area contributed by atoms with Gasteiger partial charge in [-0.1, -0.05) is 39.8 Å². The summed E-state index contributed by atoms with van der Waals surface area (Å²) in [5, 5.41) is 19.4. The van der Waals surface area contributed by atoms with Gasteiger partial charge in [0.25, 0.3) is 0 Å². The average Bonchev–Trinajstić information content (AvgIpc) is 2.01. The van der Waals surface area contributed by atoms with Crippen LogP contribution < -0.4 is 0 Å². The van der Waals surface area contributed by atoms with Gasteiger partial charge in [-0.15, -0.1) is 0 Å². The molecule has 0 aromatic carbocycles. The van der Waals surface area contributed by atoms with Crippen molar-refractivity contribution in [2.75, 3.05) is 0 Å². The molecule has 0 aliphatic carbocycles. The van der Waals surface area contributed by atoms with E-state index < -0.39 is 12.2 Å². The molecule has 0 aromatic heterocycles. The van der Waals surface area contributed by atoms with E-state index in [-0.39, 0.29) is 5.41 Å². The molecule has 0 aliphatic rings. The normalized spacial score (nSPS) is 16.8. The summed E-state index contributed by atoms with van der Waals surface area (Å²) >= 11 is 0. The Hall–Kier alpha value is -0.340. The molecule has 0 saturated heterocycles. The van der Waals surface area contributed by atoms with Crippen LogP contribution in [0.15, 0.2) is 12.2 Å². The maximum atomic E-state index is 9.71. The summed E-state index contributed by atoms with van der Waals surface area (Å²) < 4.78 is 0. The van der Waals surface area contributed by atoms with Crippen molar-refractivity contribution in [2.24, 2.45) is 5.41 Å². The van der Waals surface area contributed by atoms with Crippen LogP contribution in [0.5, 0.6) is 0 Å². The standard InChI is InChI=1S/C11H22O2/c1-6-8(2)7-9(12)10(13)11(3,4)5/h9-10,12-13H,2,6-7H2,1,3-5H3. The lowest BCUT2D eigenvalue weighted by Crippen LogP contribution is -2.37. The van der Waals surface area contributed by atoms with Gasteiger partial charge in [-0.3, -0.25) is 0 Å². The predicted molar refractivity (Wildman–Crippen MR) is 55.5 cm³/mol. The molecule has 2 heteroatoms. The molecule has 0 aliphatic heterocycles. The highest BCUT2D eigenvalue weighted by atomic mass is 16.3. The molecule has 0 bridgehead atoms. The molecule has 0 fully saturated rings. The van der Waals surface area contributed by atoms with Gasteiger partial charge in [-0.05, 0) is 18.3 Å². The van der Waals surface area contributed by atoms with Gasteiger partial charge in [0.15, 0.2) is 0 Å². The molecule has 0 aromatic rings. The maximum Gasteiger partial charge on any atom is 0.0850 e. The second kappa shape index (κ2) is 4.77. The fourth-order valence-corrected chi connectivity index (χ4v) is 1.13. The maximum absolute atomic E-state index is 9.71. The molecule has 0 heterocycles. The minimum Gasteiger partial charge on any atom is -0.390 e.